The summed E-state index contributed by atoms with van der Waals surface area (Å²) < 4.78 is 1.12. The molecule has 0 saturated heterocycles. The van der Waals surface area contributed by atoms with Gasteiger partial charge in [-0.05, 0) is 12.1 Å². The highest BCUT2D eigenvalue weighted by atomic mass is 32.1. The third-order valence-corrected chi connectivity index (χ3v) is 2.64. The normalized spacial score (nSPS) is 9.85. The minimum atomic E-state index is 0.336. The van der Waals surface area contributed by atoms with E-state index in [1.165, 1.54) is 6.08 Å². The molecule has 0 saturated carbocycles. The van der Waals surface area contributed by atoms with Gasteiger partial charge in [0.05, 0.1) is 10.2 Å². The average Bonchev–Trinajstić information content (AvgIpc) is 2.57. The summed E-state index contributed by atoms with van der Waals surface area (Å²) in [5.41, 5.74) is 0.962. The zero-order valence-corrected chi connectivity index (χ0v) is 7.54. The molecule has 1 aromatic carbocycles. The van der Waals surface area contributed by atoms with Gasteiger partial charge in [-0.15, -0.1) is 11.3 Å². The lowest BCUT2D eigenvalue weighted by atomic mass is 10.3. The second-order valence-electron chi connectivity index (χ2n) is 2.48. The van der Waals surface area contributed by atoms with E-state index in [1.54, 1.807) is 11.3 Å². The van der Waals surface area contributed by atoms with Crippen molar-refractivity contribution >= 4 is 27.6 Å². The summed E-state index contributed by atoms with van der Waals surface area (Å²) in [6, 6.07) is 7.85. The number of nitrogens with zero attached hydrogens (tertiary/aromatic N) is 2. The van der Waals surface area contributed by atoms with E-state index in [4.69, 9.17) is 0 Å². The molecule has 0 radical (unpaired) electrons. The maximum absolute atomic E-state index is 9.88. The van der Waals surface area contributed by atoms with E-state index in [1.807, 2.05) is 24.3 Å². The summed E-state index contributed by atoms with van der Waals surface area (Å²) in [5.74, 6) is 0. The van der Waals surface area contributed by atoms with Crippen LogP contribution < -0.4 is 0 Å². The molecule has 0 fully saturated rings. The highest BCUT2D eigenvalue weighted by Crippen LogP contribution is 2.21. The van der Waals surface area contributed by atoms with E-state index in [2.05, 4.69) is 9.98 Å². The predicted octanol–water partition coefficient (Wildman–Crippen LogP) is 2.13. The Bertz CT molecular complexity index is 438. The standard InChI is InChI=1S/C9H6N2OS/c12-6-10-5-9-11-7-3-1-2-4-8(7)13-9/h1-4H,5H2. The molecule has 1 aromatic heterocycles. The molecule has 0 N–H and O–H groups in total. The molecular formula is C9H6N2OS. The SMILES string of the molecule is O=C=NCc1nc2ccccc2s1. The van der Waals surface area contributed by atoms with Gasteiger partial charge in [-0.3, -0.25) is 0 Å². The Morgan fingerprint density at radius 3 is 3.08 bits per heavy atom. The topological polar surface area (TPSA) is 42.3 Å². The summed E-state index contributed by atoms with van der Waals surface area (Å²) in [6.07, 6.45) is 1.50. The molecule has 0 bridgehead atoms. The highest BCUT2D eigenvalue weighted by molar-refractivity contribution is 7.18. The van der Waals surface area contributed by atoms with Gasteiger partial charge in [-0.2, -0.15) is 4.99 Å². The Labute approximate surface area is 78.8 Å². The number of aromatic nitrogens is 1. The van der Waals surface area contributed by atoms with Crippen LogP contribution in [0.15, 0.2) is 29.3 Å². The lowest BCUT2D eigenvalue weighted by Gasteiger charge is -1.80. The van der Waals surface area contributed by atoms with Crippen LogP contribution in [0.2, 0.25) is 0 Å². The van der Waals surface area contributed by atoms with Gasteiger partial charge in [0.1, 0.15) is 11.6 Å². The molecule has 0 aliphatic heterocycles. The van der Waals surface area contributed by atoms with E-state index < -0.39 is 0 Å². The molecule has 1 heterocycles. The van der Waals surface area contributed by atoms with Crippen molar-refractivity contribution < 1.29 is 4.79 Å². The molecule has 13 heavy (non-hydrogen) atoms. The number of aliphatic imine (C=N–C) groups is 1. The number of hydrogen-bond donors (Lipinski definition) is 0. The molecule has 0 spiro atoms. The number of para-hydroxylation sites is 1. The summed E-state index contributed by atoms with van der Waals surface area (Å²) in [4.78, 5) is 17.7. The zero-order valence-electron chi connectivity index (χ0n) is 6.73. The van der Waals surface area contributed by atoms with Crippen LogP contribution in [-0.4, -0.2) is 11.1 Å². The van der Waals surface area contributed by atoms with Crippen LogP contribution >= 0.6 is 11.3 Å². The molecule has 4 heteroatoms. The van der Waals surface area contributed by atoms with E-state index in [0.717, 1.165) is 15.2 Å². The first-order valence-electron chi connectivity index (χ1n) is 3.78. The molecule has 2 aromatic rings. The number of fused-ring (bicyclic) bond motifs is 1. The van der Waals surface area contributed by atoms with Crippen LogP contribution in [0.3, 0.4) is 0 Å². The quantitative estimate of drug-likeness (QED) is 0.537. The number of benzene rings is 1. The molecule has 0 aliphatic carbocycles. The van der Waals surface area contributed by atoms with Gasteiger partial charge in [-0.1, -0.05) is 12.1 Å². The summed E-state index contributed by atoms with van der Waals surface area (Å²) >= 11 is 1.55. The first-order chi connectivity index (χ1) is 6.40. The molecule has 0 aliphatic rings. The smallest absolute Gasteiger partial charge is 0.235 e. The molecule has 64 valence electrons. The van der Waals surface area contributed by atoms with Crippen LogP contribution in [0.25, 0.3) is 10.2 Å². The number of isocyanates is 1. The van der Waals surface area contributed by atoms with E-state index >= 15 is 0 Å². The Kier molecular flexibility index (Phi) is 2.17. The van der Waals surface area contributed by atoms with Crippen LogP contribution in [0, 0.1) is 0 Å². The Morgan fingerprint density at radius 2 is 2.31 bits per heavy atom. The first kappa shape index (κ1) is 8.10. The third kappa shape index (κ3) is 1.64. The van der Waals surface area contributed by atoms with Crippen molar-refractivity contribution in [2.75, 3.05) is 0 Å². The largest absolute Gasteiger partial charge is 0.239 e. The van der Waals surface area contributed by atoms with E-state index in [0.29, 0.717) is 6.54 Å². The zero-order chi connectivity index (χ0) is 9.10. The Hall–Kier alpha value is -1.51. The first-order valence-corrected chi connectivity index (χ1v) is 4.60. The van der Waals surface area contributed by atoms with E-state index in [9.17, 15) is 4.79 Å². The maximum Gasteiger partial charge on any atom is 0.235 e. The van der Waals surface area contributed by atoms with Crippen LogP contribution in [0.1, 0.15) is 5.01 Å². The maximum atomic E-state index is 9.88. The summed E-state index contributed by atoms with van der Waals surface area (Å²) in [5, 5.41) is 0.851. The molecule has 0 unspecified atom stereocenters. The fourth-order valence-corrected chi connectivity index (χ4v) is 1.98. The third-order valence-electron chi connectivity index (χ3n) is 1.62. The molecule has 2 rings (SSSR count). The number of rotatable bonds is 2. The molecule has 0 atom stereocenters. The molecular weight excluding hydrogens is 184 g/mol. The van der Waals surface area contributed by atoms with Crippen molar-refractivity contribution in [1.82, 2.24) is 4.98 Å². The minimum absolute atomic E-state index is 0.336. The van der Waals surface area contributed by atoms with Crippen LogP contribution in [-0.2, 0) is 11.3 Å². The van der Waals surface area contributed by atoms with Crippen molar-refractivity contribution in [3.8, 4) is 0 Å². The van der Waals surface area contributed by atoms with Gasteiger partial charge in [0.2, 0.25) is 6.08 Å². The Balaban J connectivity index is 2.43. The fraction of sp³-hybridized carbons (Fsp3) is 0.111. The number of carbonyl (C=O) groups excluding carboxylic acids is 1. The highest BCUT2D eigenvalue weighted by Gasteiger charge is 2.00. The lowest BCUT2D eigenvalue weighted by molar-refractivity contribution is 0.562. The fourth-order valence-electron chi connectivity index (χ4n) is 1.09. The van der Waals surface area contributed by atoms with Crippen molar-refractivity contribution in [3.05, 3.63) is 29.3 Å². The Morgan fingerprint density at radius 1 is 1.46 bits per heavy atom. The predicted molar refractivity (Wildman–Crippen MR) is 51.4 cm³/mol. The van der Waals surface area contributed by atoms with Gasteiger partial charge in [0.15, 0.2) is 0 Å². The molecule has 0 amide bonds. The van der Waals surface area contributed by atoms with Gasteiger partial charge in [-0.25, -0.2) is 9.78 Å². The van der Waals surface area contributed by atoms with Gasteiger partial charge >= 0.3 is 0 Å². The van der Waals surface area contributed by atoms with Gasteiger partial charge in [0.25, 0.3) is 0 Å². The van der Waals surface area contributed by atoms with Gasteiger partial charge < -0.3 is 0 Å². The average molecular weight is 190 g/mol. The van der Waals surface area contributed by atoms with Crippen LogP contribution in [0.4, 0.5) is 0 Å². The summed E-state index contributed by atoms with van der Waals surface area (Å²) in [6.45, 7) is 0.336. The minimum Gasteiger partial charge on any atom is -0.239 e. The van der Waals surface area contributed by atoms with E-state index in [-0.39, 0.29) is 0 Å². The molecule has 3 nitrogen and oxygen atoms in total. The van der Waals surface area contributed by atoms with Gasteiger partial charge in [0, 0.05) is 0 Å². The lowest BCUT2D eigenvalue weighted by Crippen LogP contribution is -1.76. The van der Waals surface area contributed by atoms with Crippen LogP contribution in [0.5, 0.6) is 0 Å². The number of hydrogen-bond acceptors (Lipinski definition) is 4. The van der Waals surface area contributed by atoms with Crippen molar-refractivity contribution in [2.45, 2.75) is 6.54 Å². The van der Waals surface area contributed by atoms with Crippen molar-refractivity contribution in [1.29, 1.82) is 0 Å². The van der Waals surface area contributed by atoms with Crippen molar-refractivity contribution in [3.63, 3.8) is 0 Å². The van der Waals surface area contributed by atoms with Crippen molar-refractivity contribution in [2.24, 2.45) is 4.99 Å². The monoisotopic (exact) mass is 190 g/mol. The second-order valence-corrected chi connectivity index (χ2v) is 3.60. The second kappa shape index (κ2) is 3.47. The summed E-state index contributed by atoms with van der Waals surface area (Å²) in [7, 11) is 0. The number of thiazole rings is 1.